The van der Waals surface area contributed by atoms with Gasteiger partial charge in [-0.2, -0.15) is 8.42 Å². The Kier molecular flexibility index (Phi) is 4.75. The molecule has 0 aromatic rings. The van der Waals surface area contributed by atoms with Gasteiger partial charge in [0.25, 0.3) is 10.1 Å². The summed E-state index contributed by atoms with van der Waals surface area (Å²) in [6, 6.07) is 12.6. The van der Waals surface area contributed by atoms with Gasteiger partial charge in [-0.3, -0.25) is 4.18 Å². The van der Waals surface area contributed by atoms with Crippen molar-refractivity contribution in [2.24, 2.45) is 0 Å². The van der Waals surface area contributed by atoms with Gasteiger partial charge in [0.15, 0.2) is 0 Å². The third kappa shape index (κ3) is 3.17. The molecule has 0 amide bonds. The van der Waals surface area contributed by atoms with E-state index in [2.05, 4.69) is 0 Å². The third-order valence-corrected chi connectivity index (χ3v) is 4.51. The van der Waals surface area contributed by atoms with Crippen molar-refractivity contribution in [1.29, 1.82) is 0 Å². The Labute approximate surface area is 119 Å². The molecule has 0 spiro atoms. The van der Waals surface area contributed by atoms with E-state index in [4.69, 9.17) is 8.92 Å². The predicted molar refractivity (Wildman–Crippen MR) is 77.3 cm³/mol. The van der Waals surface area contributed by atoms with Crippen molar-refractivity contribution in [3.63, 3.8) is 0 Å². The summed E-state index contributed by atoms with van der Waals surface area (Å²) >= 11 is 0. The van der Waals surface area contributed by atoms with E-state index < -0.39 is 16.2 Å². The minimum absolute atomic E-state index is 0.207. The quantitative estimate of drug-likeness (QED) is 0.769. The fraction of sp³-hybridized carbons (Fsp3) is 0.333. The highest BCUT2D eigenvalue weighted by Crippen LogP contribution is 2.32. The van der Waals surface area contributed by atoms with Crippen LogP contribution in [0.5, 0.6) is 0 Å². The largest absolute Gasteiger partial charge is 0.382 e. The normalized spacial score (nSPS) is 13.5. The third-order valence-electron chi connectivity index (χ3n) is 3.09. The average Bonchev–Trinajstić information content (AvgIpc) is 2.69. The maximum absolute atomic E-state index is 12.4. The number of methoxy groups -OCH3 is 1. The molecule has 0 N–H and O–H groups in total. The molecule has 0 saturated carbocycles. The van der Waals surface area contributed by atoms with Gasteiger partial charge < -0.3 is 4.74 Å². The minimum atomic E-state index is -3.79. The van der Waals surface area contributed by atoms with Crippen LogP contribution >= 0.6 is 0 Å². The lowest BCUT2D eigenvalue weighted by atomic mass is 10.2. The lowest BCUT2D eigenvalue weighted by Gasteiger charge is -2.14. The zero-order valence-electron chi connectivity index (χ0n) is 11.6. The van der Waals surface area contributed by atoms with Crippen molar-refractivity contribution in [3.8, 4) is 11.1 Å². The molecule has 2 aliphatic carbocycles. The van der Waals surface area contributed by atoms with Crippen LogP contribution in [0.25, 0.3) is 11.1 Å². The van der Waals surface area contributed by atoms with Crippen LogP contribution in [0.1, 0.15) is 13.3 Å². The standard InChI is InChI=1S/C15H18O4S/c1-3-13(11-18-2)19-20(16,17)15-10-9-12-7-5-4-6-8-14(12)15/h4-10,13H,3,11H2,1-2H3. The topological polar surface area (TPSA) is 52.6 Å². The molecule has 0 bridgehead atoms. The molecule has 1 atom stereocenters. The van der Waals surface area contributed by atoms with Crippen LogP contribution in [0.2, 0.25) is 0 Å². The number of fused-ring (bicyclic) bond motifs is 1. The molecule has 0 aromatic heterocycles. The smallest absolute Gasteiger partial charge is 0.297 e. The Bertz CT molecular complexity index is 636. The van der Waals surface area contributed by atoms with E-state index in [0.717, 1.165) is 5.56 Å². The molecular formula is C15H18O4S. The molecule has 0 radical (unpaired) electrons. The molecule has 2 aliphatic rings. The molecular weight excluding hydrogens is 276 g/mol. The highest BCUT2D eigenvalue weighted by Gasteiger charge is 2.25. The van der Waals surface area contributed by atoms with E-state index in [0.29, 0.717) is 12.0 Å². The molecule has 0 saturated heterocycles. The van der Waals surface area contributed by atoms with Crippen molar-refractivity contribution in [2.45, 2.75) is 24.3 Å². The molecule has 0 aromatic carbocycles. The Morgan fingerprint density at radius 2 is 1.85 bits per heavy atom. The monoisotopic (exact) mass is 294 g/mol. The Morgan fingerprint density at radius 3 is 2.55 bits per heavy atom. The lowest BCUT2D eigenvalue weighted by Crippen LogP contribution is -2.22. The Balaban J connectivity index is 2.34. The second-order valence-corrected chi connectivity index (χ2v) is 6.05. The predicted octanol–water partition coefficient (Wildman–Crippen LogP) is 2.92. The maximum Gasteiger partial charge on any atom is 0.297 e. The minimum Gasteiger partial charge on any atom is -0.382 e. The van der Waals surface area contributed by atoms with E-state index in [1.165, 1.54) is 7.11 Å². The lowest BCUT2D eigenvalue weighted by molar-refractivity contribution is 0.0831. The first-order valence-electron chi connectivity index (χ1n) is 6.48. The number of ether oxygens (including phenoxy) is 1. The summed E-state index contributed by atoms with van der Waals surface area (Å²) in [5.74, 6) is 0. The van der Waals surface area contributed by atoms with Gasteiger partial charge in [0, 0.05) is 12.7 Å². The van der Waals surface area contributed by atoms with Crippen molar-refractivity contribution in [3.05, 3.63) is 42.5 Å². The van der Waals surface area contributed by atoms with Gasteiger partial charge in [-0.1, -0.05) is 43.3 Å². The van der Waals surface area contributed by atoms with Gasteiger partial charge >= 0.3 is 0 Å². The first-order valence-corrected chi connectivity index (χ1v) is 7.89. The van der Waals surface area contributed by atoms with Crippen LogP contribution in [0.15, 0.2) is 47.4 Å². The fourth-order valence-electron chi connectivity index (χ4n) is 2.03. The molecule has 108 valence electrons. The molecule has 20 heavy (non-hydrogen) atoms. The van der Waals surface area contributed by atoms with Crippen LogP contribution in [-0.2, 0) is 19.0 Å². The van der Waals surface area contributed by atoms with Gasteiger partial charge in [0.1, 0.15) is 11.0 Å². The highest BCUT2D eigenvalue weighted by atomic mass is 32.2. The number of hydrogen-bond acceptors (Lipinski definition) is 4. The highest BCUT2D eigenvalue weighted by molar-refractivity contribution is 7.87. The molecule has 0 heterocycles. The average molecular weight is 294 g/mol. The summed E-state index contributed by atoms with van der Waals surface area (Å²) in [6.07, 6.45) is 0.104. The van der Waals surface area contributed by atoms with Gasteiger partial charge in [0.05, 0.1) is 6.61 Å². The number of rotatable bonds is 6. The van der Waals surface area contributed by atoms with Crippen LogP contribution in [-0.4, -0.2) is 28.2 Å². The van der Waals surface area contributed by atoms with E-state index in [1.54, 1.807) is 18.2 Å². The fourth-order valence-corrected chi connectivity index (χ4v) is 3.38. The van der Waals surface area contributed by atoms with Gasteiger partial charge in [0.2, 0.25) is 0 Å². The summed E-state index contributed by atoms with van der Waals surface area (Å²) in [6.45, 7) is 2.12. The summed E-state index contributed by atoms with van der Waals surface area (Å²) in [4.78, 5) is 0.207. The first-order chi connectivity index (χ1) is 9.58. The first kappa shape index (κ1) is 15.0. The second kappa shape index (κ2) is 6.35. The van der Waals surface area contributed by atoms with Crippen LogP contribution in [0.3, 0.4) is 0 Å². The van der Waals surface area contributed by atoms with Crippen molar-refractivity contribution in [2.75, 3.05) is 13.7 Å². The van der Waals surface area contributed by atoms with E-state index in [1.807, 2.05) is 31.2 Å². The molecule has 0 fully saturated rings. The number of hydrogen-bond donors (Lipinski definition) is 0. The molecule has 5 heteroatoms. The van der Waals surface area contributed by atoms with Crippen LogP contribution < -0.4 is 0 Å². The SMILES string of the molecule is CCC(COC)OS(=O)(=O)c1ccc2cccccc1-2. The Hall–Kier alpha value is -1.43. The summed E-state index contributed by atoms with van der Waals surface area (Å²) in [5.41, 5.74) is 1.54. The molecule has 2 rings (SSSR count). The van der Waals surface area contributed by atoms with E-state index in [9.17, 15) is 8.42 Å². The molecule has 0 aliphatic heterocycles. The molecule has 4 nitrogen and oxygen atoms in total. The van der Waals surface area contributed by atoms with Gasteiger partial charge in [-0.05, 0) is 18.1 Å². The second-order valence-electron chi connectivity index (χ2n) is 4.51. The van der Waals surface area contributed by atoms with Gasteiger partial charge in [-0.15, -0.1) is 0 Å². The summed E-state index contributed by atoms with van der Waals surface area (Å²) in [7, 11) is -2.26. The Morgan fingerprint density at radius 1 is 1.10 bits per heavy atom. The maximum atomic E-state index is 12.4. The summed E-state index contributed by atoms with van der Waals surface area (Å²) in [5, 5.41) is 0. The van der Waals surface area contributed by atoms with Crippen LogP contribution in [0.4, 0.5) is 0 Å². The van der Waals surface area contributed by atoms with Crippen molar-refractivity contribution in [1.82, 2.24) is 0 Å². The van der Waals surface area contributed by atoms with Gasteiger partial charge in [-0.25, -0.2) is 0 Å². The van der Waals surface area contributed by atoms with Crippen LogP contribution in [0, 0.1) is 0 Å². The molecule has 1 unspecified atom stereocenters. The van der Waals surface area contributed by atoms with E-state index in [-0.39, 0.29) is 11.5 Å². The zero-order valence-corrected chi connectivity index (χ0v) is 12.4. The van der Waals surface area contributed by atoms with E-state index >= 15 is 0 Å². The zero-order chi connectivity index (χ0) is 14.6. The van der Waals surface area contributed by atoms with Crippen molar-refractivity contribution < 1.29 is 17.3 Å². The summed E-state index contributed by atoms with van der Waals surface area (Å²) < 4.78 is 35.0. The van der Waals surface area contributed by atoms with Crippen molar-refractivity contribution >= 4 is 10.1 Å².